The predicted molar refractivity (Wildman–Crippen MR) is 90.7 cm³/mol. The molecule has 0 radical (unpaired) electrons. The van der Waals surface area contributed by atoms with Gasteiger partial charge < -0.3 is 14.8 Å². The average Bonchev–Trinajstić information content (AvgIpc) is 2.53. The fourth-order valence-electron chi connectivity index (χ4n) is 2.50. The zero-order chi connectivity index (χ0) is 16.8. The summed E-state index contributed by atoms with van der Waals surface area (Å²) >= 11 is 0. The number of aliphatic hydroxyl groups is 1. The van der Waals surface area contributed by atoms with Gasteiger partial charge in [0.25, 0.3) is 0 Å². The molecule has 0 amide bonds. The van der Waals surface area contributed by atoms with Crippen molar-refractivity contribution < 1.29 is 10.2 Å². The fourth-order valence-corrected chi connectivity index (χ4v) is 2.50. The smallest absolute Gasteiger partial charge is 0.223 e. The molecule has 0 unspecified atom stereocenters. The van der Waals surface area contributed by atoms with E-state index in [4.69, 9.17) is 5.11 Å². The highest BCUT2D eigenvalue weighted by Gasteiger charge is 2.10. The Morgan fingerprint density at radius 3 is 2.52 bits per heavy atom. The molecule has 0 aliphatic heterocycles. The first-order chi connectivity index (χ1) is 11.0. The van der Waals surface area contributed by atoms with Crippen molar-refractivity contribution in [2.24, 2.45) is 0 Å². The van der Waals surface area contributed by atoms with E-state index < -0.39 is 0 Å². The van der Waals surface area contributed by atoms with Gasteiger partial charge in [0.15, 0.2) is 5.75 Å². The molecule has 0 aliphatic rings. The summed E-state index contributed by atoms with van der Waals surface area (Å²) in [6.07, 6.45) is 1.49. The van der Waals surface area contributed by atoms with Crippen molar-refractivity contribution in [2.45, 2.75) is 26.9 Å². The molecule has 5 heteroatoms. The maximum atomic E-state index is 11.8. The molecule has 0 saturated heterocycles. The second-order valence-corrected chi connectivity index (χ2v) is 5.72. The fraction of sp³-hybridized carbons (Fsp3) is 0.389. The van der Waals surface area contributed by atoms with Crippen LogP contribution in [0.2, 0.25) is 0 Å². The van der Waals surface area contributed by atoms with Gasteiger partial charge in [-0.3, -0.25) is 9.69 Å². The largest absolute Gasteiger partial charge is 0.503 e. The van der Waals surface area contributed by atoms with Crippen molar-refractivity contribution in [3.63, 3.8) is 0 Å². The van der Waals surface area contributed by atoms with Crippen LogP contribution in [0.3, 0.4) is 0 Å². The lowest BCUT2D eigenvalue weighted by Crippen LogP contribution is -2.28. The minimum atomic E-state index is -0.375. The highest BCUT2D eigenvalue weighted by Crippen LogP contribution is 2.12. The lowest BCUT2D eigenvalue weighted by molar-refractivity contribution is 0.193. The van der Waals surface area contributed by atoms with Crippen LogP contribution in [0.1, 0.15) is 23.7 Å². The molecule has 0 bridgehead atoms. The normalized spacial score (nSPS) is 11.1. The van der Waals surface area contributed by atoms with E-state index in [-0.39, 0.29) is 17.8 Å². The van der Waals surface area contributed by atoms with Gasteiger partial charge in [-0.2, -0.15) is 0 Å². The molecule has 0 aliphatic carbocycles. The van der Waals surface area contributed by atoms with Crippen LogP contribution in [0.5, 0.6) is 5.75 Å². The van der Waals surface area contributed by atoms with Crippen LogP contribution in [0.25, 0.3) is 0 Å². The molecule has 0 atom stereocenters. The molecule has 0 spiro atoms. The molecular formula is C18H24N2O3. The molecule has 2 aromatic rings. The number of aromatic nitrogens is 1. The summed E-state index contributed by atoms with van der Waals surface area (Å²) in [5.74, 6) is -0.244. The van der Waals surface area contributed by atoms with Crippen LogP contribution in [0.15, 0.2) is 41.3 Å². The van der Waals surface area contributed by atoms with Crippen LogP contribution in [0.4, 0.5) is 0 Å². The molecule has 2 rings (SSSR count). The zero-order valence-electron chi connectivity index (χ0n) is 13.7. The number of hydrogen-bond acceptors (Lipinski definition) is 4. The monoisotopic (exact) mass is 316 g/mol. The number of nitrogens with zero attached hydrogens (tertiary/aromatic N) is 2. The van der Waals surface area contributed by atoms with Gasteiger partial charge in [-0.25, -0.2) is 0 Å². The number of likely N-dealkylation sites (N-methyl/N-ethyl adjacent to an activating group) is 1. The van der Waals surface area contributed by atoms with Crippen molar-refractivity contribution in [1.29, 1.82) is 0 Å². The summed E-state index contributed by atoms with van der Waals surface area (Å²) in [7, 11) is 0. The summed E-state index contributed by atoms with van der Waals surface area (Å²) in [4.78, 5) is 13.8. The Morgan fingerprint density at radius 1 is 1.22 bits per heavy atom. The maximum absolute atomic E-state index is 11.8. The van der Waals surface area contributed by atoms with Crippen LogP contribution in [-0.2, 0) is 13.1 Å². The van der Waals surface area contributed by atoms with E-state index in [2.05, 4.69) is 4.90 Å². The minimum Gasteiger partial charge on any atom is -0.503 e. The van der Waals surface area contributed by atoms with Crippen LogP contribution < -0.4 is 5.43 Å². The first kappa shape index (κ1) is 17.2. The van der Waals surface area contributed by atoms with Crippen molar-refractivity contribution in [3.05, 3.63) is 63.6 Å². The molecule has 1 heterocycles. The Balaban J connectivity index is 2.31. The summed E-state index contributed by atoms with van der Waals surface area (Å²) < 4.78 is 1.89. The van der Waals surface area contributed by atoms with Gasteiger partial charge in [-0.15, -0.1) is 0 Å². The second kappa shape index (κ2) is 7.94. The number of aryl methyl sites for hydroxylation is 1. The summed E-state index contributed by atoms with van der Waals surface area (Å²) in [5, 5.41) is 18.9. The third-order valence-electron chi connectivity index (χ3n) is 3.92. The van der Waals surface area contributed by atoms with Gasteiger partial charge in [0.05, 0.1) is 12.8 Å². The van der Waals surface area contributed by atoms with Crippen molar-refractivity contribution in [3.8, 4) is 5.75 Å². The number of aliphatic hydroxyl groups excluding tert-OH is 1. The van der Waals surface area contributed by atoms with Crippen molar-refractivity contribution in [1.82, 2.24) is 9.47 Å². The molecule has 5 nitrogen and oxygen atoms in total. The van der Waals surface area contributed by atoms with Gasteiger partial charge in [-0.05, 0) is 19.0 Å². The van der Waals surface area contributed by atoms with Crippen LogP contribution >= 0.6 is 0 Å². The Labute approximate surface area is 136 Å². The maximum Gasteiger partial charge on any atom is 0.223 e. The van der Waals surface area contributed by atoms with E-state index >= 15 is 0 Å². The third-order valence-corrected chi connectivity index (χ3v) is 3.92. The number of hydrogen-bond donors (Lipinski definition) is 2. The molecule has 0 fully saturated rings. The first-order valence-electron chi connectivity index (χ1n) is 7.84. The molecule has 1 aromatic heterocycles. The number of pyridine rings is 1. The van der Waals surface area contributed by atoms with Crippen LogP contribution in [0, 0.1) is 6.92 Å². The van der Waals surface area contributed by atoms with Gasteiger partial charge in [0, 0.05) is 31.4 Å². The average molecular weight is 316 g/mol. The van der Waals surface area contributed by atoms with E-state index in [1.165, 1.54) is 17.8 Å². The standard InChI is InChI=1S/C18H24N2O3/c1-3-19(8-9-21)12-16-10-17(22)18(23)13-20(16)11-15-6-4-14(2)5-7-15/h4-7,10,13,21,23H,3,8-9,11-12H2,1-2H3. The Hall–Kier alpha value is -2.11. The van der Waals surface area contributed by atoms with Gasteiger partial charge in [0.1, 0.15) is 0 Å². The molecule has 0 saturated carbocycles. The highest BCUT2D eigenvalue weighted by atomic mass is 16.3. The third kappa shape index (κ3) is 4.68. The highest BCUT2D eigenvalue weighted by molar-refractivity contribution is 5.25. The summed E-state index contributed by atoms with van der Waals surface area (Å²) in [6.45, 7) is 6.59. The topological polar surface area (TPSA) is 65.7 Å². The minimum absolute atomic E-state index is 0.0775. The summed E-state index contributed by atoms with van der Waals surface area (Å²) in [5.41, 5.74) is 2.74. The van der Waals surface area contributed by atoms with E-state index in [1.54, 1.807) is 0 Å². The number of aromatic hydroxyl groups is 1. The Morgan fingerprint density at radius 2 is 1.91 bits per heavy atom. The second-order valence-electron chi connectivity index (χ2n) is 5.72. The quantitative estimate of drug-likeness (QED) is 0.816. The Kier molecular flexibility index (Phi) is 5.96. The van der Waals surface area contributed by atoms with E-state index in [9.17, 15) is 9.90 Å². The lowest BCUT2D eigenvalue weighted by Gasteiger charge is -2.22. The molecule has 124 valence electrons. The van der Waals surface area contributed by atoms with Crippen molar-refractivity contribution in [2.75, 3.05) is 19.7 Å². The van der Waals surface area contributed by atoms with Crippen LogP contribution in [-0.4, -0.2) is 39.4 Å². The van der Waals surface area contributed by atoms with Gasteiger partial charge in [-0.1, -0.05) is 36.8 Å². The zero-order valence-corrected chi connectivity index (χ0v) is 13.7. The molecule has 2 N–H and O–H groups in total. The lowest BCUT2D eigenvalue weighted by atomic mass is 10.1. The van der Waals surface area contributed by atoms with E-state index in [1.807, 2.05) is 42.7 Å². The summed E-state index contributed by atoms with van der Waals surface area (Å²) in [6, 6.07) is 9.64. The van der Waals surface area contributed by atoms with Gasteiger partial charge in [0.2, 0.25) is 5.43 Å². The van der Waals surface area contributed by atoms with Crippen molar-refractivity contribution >= 4 is 0 Å². The molecular weight excluding hydrogens is 292 g/mol. The van der Waals surface area contributed by atoms with Gasteiger partial charge >= 0.3 is 0 Å². The number of rotatable bonds is 7. The molecule has 23 heavy (non-hydrogen) atoms. The molecule has 1 aromatic carbocycles. The Bertz CT molecular complexity index is 692. The van der Waals surface area contributed by atoms with E-state index in [0.29, 0.717) is 19.6 Å². The first-order valence-corrected chi connectivity index (χ1v) is 7.84. The SMILES string of the molecule is CCN(CCO)Cc1cc(=O)c(O)cn1Cc1ccc(C)cc1. The van der Waals surface area contributed by atoms with E-state index in [0.717, 1.165) is 17.8 Å². The predicted octanol–water partition coefficient (Wildman–Crippen LogP) is 1.72. The number of benzene rings is 1.